The van der Waals surface area contributed by atoms with Crippen LogP contribution >= 0.6 is 24.4 Å². The highest BCUT2D eigenvalue weighted by Crippen LogP contribution is 2.41. The van der Waals surface area contributed by atoms with Crippen molar-refractivity contribution in [3.8, 4) is 0 Å². The summed E-state index contributed by atoms with van der Waals surface area (Å²) in [6.45, 7) is 0.989. The molecule has 0 aromatic rings. The van der Waals surface area contributed by atoms with Gasteiger partial charge in [0, 0.05) is 12.4 Å². The van der Waals surface area contributed by atoms with Gasteiger partial charge >= 0.3 is 0 Å². The van der Waals surface area contributed by atoms with Crippen LogP contribution in [0, 0.1) is 5.41 Å². The molecule has 0 spiro atoms. The van der Waals surface area contributed by atoms with Crippen LogP contribution in [-0.2, 0) is 4.74 Å². The number of ether oxygens (including phenoxy) is 1. The van der Waals surface area contributed by atoms with Gasteiger partial charge in [-0.15, -0.1) is 0 Å². The highest BCUT2D eigenvalue weighted by molar-refractivity contribution is 7.99. The highest BCUT2D eigenvalue weighted by Gasteiger charge is 2.32. The maximum Gasteiger partial charge on any atom is 0.0666 e. The second kappa shape index (κ2) is 5.83. The van der Waals surface area contributed by atoms with Crippen LogP contribution in [0.25, 0.3) is 0 Å². The van der Waals surface area contributed by atoms with Gasteiger partial charge in [-0.3, -0.25) is 0 Å². The largest absolute Gasteiger partial charge is 0.377 e. The smallest absolute Gasteiger partial charge is 0.0666 e. The van der Waals surface area contributed by atoms with E-state index in [2.05, 4.69) is 24.4 Å². The van der Waals surface area contributed by atoms with E-state index in [4.69, 9.17) is 4.74 Å². The molecule has 1 aliphatic carbocycles. The summed E-state index contributed by atoms with van der Waals surface area (Å²) in [5.41, 5.74) is 0.562. The molecule has 1 saturated carbocycles. The van der Waals surface area contributed by atoms with E-state index >= 15 is 0 Å². The Bertz CT molecular complexity index is 184. The van der Waals surface area contributed by atoms with Gasteiger partial charge in [0.15, 0.2) is 0 Å². The van der Waals surface area contributed by atoms with E-state index in [-0.39, 0.29) is 0 Å². The summed E-state index contributed by atoms with van der Waals surface area (Å²) < 4.78 is 5.64. The predicted octanol–water partition coefficient (Wildman–Crippen LogP) is 3.39. The van der Waals surface area contributed by atoms with Crippen LogP contribution in [0.4, 0.5) is 0 Å². The molecule has 15 heavy (non-hydrogen) atoms. The zero-order valence-electron chi connectivity index (χ0n) is 9.41. The summed E-state index contributed by atoms with van der Waals surface area (Å²) >= 11 is 6.64. The van der Waals surface area contributed by atoms with Crippen molar-refractivity contribution in [1.82, 2.24) is 0 Å². The van der Waals surface area contributed by atoms with Gasteiger partial charge < -0.3 is 4.74 Å². The molecule has 0 N–H and O–H groups in total. The Morgan fingerprint density at radius 2 is 2.07 bits per heavy atom. The number of rotatable bonds is 5. The van der Waals surface area contributed by atoms with Gasteiger partial charge in [0.2, 0.25) is 0 Å². The molecule has 1 unspecified atom stereocenters. The van der Waals surface area contributed by atoms with Crippen LogP contribution in [0.2, 0.25) is 0 Å². The van der Waals surface area contributed by atoms with Gasteiger partial charge in [-0.25, -0.2) is 0 Å². The zero-order valence-corrected chi connectivity index (χ0v) is 11.1. The minimum Gasteiger partial charge on any atom is -0.377 e. The van der Waals surface area contributed by atoms with Crippen LogP contribution in [0.3, 0.4) is 0 Å². The van der Waals surface area contributed by atoms with Crippen LogP contribution < -0.4 is 0 Å². The number of hydrogen-bond donors (Lipinski definition) is 1. The highest BCUT2D eigenvalue weighted by atomic mass is 32.2. The summed E-state index contributed by atoms with van der Waals surface area (Å²) in [7, 11) is 0. The maximum atomic E-state index is 5.64. The van der Waals surface area contributed by atoms with E-state index in [0.29, 0.717) is 11.5 Å². The van der Waals surface area contributed by atoms with Crippen LogP contribution in [-0.4, -0.2) is 30.0 Å². The predicted molar refractivity (Wildman–Crippen MR) is 71.1 cm³/mol. The van der Waals surface area contributed by atoms with Gasteiger partial charge in [-0.2, -0.15) is 24.4 Å². The number of hydrogen-bond acceptors (Lipinski definition) is 3. The third-order valence-electron chi connectivity index (χ3n) is 3.74. The summed E-state index contributed by atoms with van der Waals surface area (Å²) in [6, 6.07) is 0. The van der Waals surface area contributed by atoms with Crippen molar-refractivity contribution in [3.63, 3.8) is 0 Å². The summed E-state index contributed by atoms with van der Waals surface area (Å²) in [5, 5.41) is 0. The van der Waals surface area contributed by atoms with Crippen molar-refractivity contribution in [1.29, 1.82) is 0 Å². The molecule has 0 aromatic carbocycles. The van der Waals surface area contributed by atoms with E-state index in [1.807, 2.05) is 0 Å². The van der Waals surface area contributed by atoms with Gasteiger partial charge in [-0.1, -0.05) is 12.8 Å². The fourth-order valence-corrected chi connectivity index (χ4v) is 4.70. The normalized spacial score (nSPS) is 29.8. The molecule has 1 saturated heterocycles. The average molecular weight is 246 g/mol. The molecule has 1 nitrogen and oxygen atoms in total. The quantitative estimate of drug-likeness (QED) is 0.745. The Balaban J connectivity index is 1.67. The Kier molecular flexibility index (Phi) is 4.71. The van der Waals surface area contributed by atoms with Crippen molar-refractivity contribution in [3.05, 3.63) is 0 Å². The van der Waals surface area contributed by atoms with Crippen molar-refractivity contribution >= 4 is 24.4 Å². The van der Waals surface area contributed by atoms with Gasteiger partial charge in [0.25, 0.3) is 0 Å². The maximum absolute atomic E-state index is 5.64. The van der Waals surface area contributed by atoms with E-state index in [1.54, 1.807) is 0 Å². The van der Waals surface area contributed by atoms with E-state index < -0.39 is 0 Å². The lowest BCUT2D eigenvalue weighted by Gasteiger charge is -2.26. The molecular formula is C12H22OS2. The summed E-state index contributed by atoms with van der Waals surface area (Å²) in [6.07, 6.45) is 8.73. The minimum atomic E-state index is 0.549. The minimum absolute atomic E-state index is 0.549. The first-order valence-corrected chi connectivity index (χ1v) is 7.94. The first-order valence-electron chi connectivity index (χ1n) is 6.15. The fourth-order valence-electron chi connectivity index (χ4n) is 2.66. The number of thioether (sulfide) groups is 1. The molecule has 1 atom stereocenters. The Morgan fingerprint density at radius 3 is 2.67 bits per heavy atom. The van der Waals surface area contributed by atoms with Crippen LogP contribution in [0.5, 0.6) is 0 Å². The third kappa shape index (κ3) is 3.31. The molecule has 1 aliphatic heterocycles. The second-order valence-electron chi connectivity index (χ2n) is 5.02. The molecule has 0 amide bonds. The first-order chi connectivity index (χ1) is 7.35. The molecule has 0 bridgehead atoms. The molecule has 2 rings (SSSR count). The van der Waals surface area contributed by atoms with Crippen molar-refractivity contribution < 1.29 is 4.74 Å². The summed E-state index contributed by atoms with van der Waals surface area (Å²) in [5.74, 6) is 3.58. The summed E-state index contributed by atoms with van der Waals surface area (Å²) in [4.78, 5) is 0. The van der Waals surface area contributed by atoms with E-state index in [0.717, 1.165) is 12.4 Å². The molecule has 2 fully saturated rings. The lowest BCUT2D eigenvalue weighted by Crippen LogP contribution is -2.23. The Morgan fingerprint density at radius 1 is 1.27 bits per heavy atom. The van der Waals surface area contributed by atoms with Gasteiger partial charge in [0.05, 0.1) is 6.10 Å². The molecule has 0 aromatic heterocycles. The van der Waals surface area contributed by atoms with Crippen molar-refractivity contribution in [2.45, 2.75) is 44.6 Å². The molecule has 88 valence electrons. The van der Waals surface area contributed by atoms with Crippen LogP contribution in [0.15, 0.2) is 0 Å². The second-order valence-corrected chi connectivity index (χ2v) is 6.36. The van der Waals surface area contributed by atoms with E-state index in [1.165, 1.54) is 50.0 Å². The molecule has 2 aliphatic rings. The SMILES string of the molecule is SCC1(CSCC2CCCO2)CCCC1. The van der Waals surface area contributed by atoms with Gasteiger partial charge in [-0.05, 0) is 42.6 Å². The van der Waals surface area contributed by atoms with E-state index in [9.17, 15) is 0 Å². The Labute approximate surface area is 103 Å². The van der Waals surface area contributed by atoms with Crippen molar-refractivity contribution in [2.75, 3.05) is 23.9 Å². The van der Waals surface area contributed by atoms with Gasteiger partial charge in [0.1, 0.15) is 0 Å². The first kappa shape index (κ1) is 12.1. The average Bonchev–Trinajstić information content (AvgIpc) is 2.89. The standard InChI is InChI=1S/C12H22OS2/c14-9-12(5-1-2-6-12)10-15-8-11-4-3-7-13-11/h11,14H,1-10H2. The Hall–Kier alpha value is 0.660. The van der Waals surface area contributed by atoms with Crippen LogP contribution in [0.1, 0.15) is 38.5 Å². The lowest BCUT2D eigenvalue weighted by atomic mass is 9.91. The van der Waals surface area contributed by atoms with Crippen molar-refractivity contribution in [2.24, 2.45) is 5.41 Å². The molecular weight excluding hydrogens is 224 g/mol. The number of thiol groups is 1. The lowest BCUT2D eigenvalue weighted by molar-refractivity contribution is 0.129. The monoisotopic (exact) mass is 246 g/mol. The molecule has 1 heterocycles. The zero-order chi connectivity index (χ0) is 10.6. The third-order valence-corrected chi connectivity index (χ3v) is 5.83. The molecule has 0 radical (unpaired) electrons. The topological polar surface area (TPSA) is 9.23 Å². The molecule has 3 heteroatoms. The fraction of sp³-hybridized carbons (Fsp3) is 1.00.